The number of benzene rings is 1. The number of methoxy groups -OCH3 is 1. The minimum absolute atomic E-state index is 0.261. The monoisotopic (exact) mass is 232 g/mol. The molecule has 1 aromatic carbocycles. The number of nitrogens with two attached hydrogens (primary N) is 1. The van der Waals surface area contributed by atoms with Crippen LogP contribution in [0.1, 0.15) is 25.5 Å². The van der Waals surface area contributed by atoms with Gasteiger partial charge in [-0.2, -0.15) is 0 Å². The number of hydrogen-bond donors (Lipinski definition) is 1. The first kappa shape index (κ1) is 11.5. The Morgan fingerprint density at radius 2 is 2.12 bits per heavy atom. The summed E-state index contributed by atoms with van der Waals surface area (Å²) in [5.74, 6) is 1.40. The first-order chi connectivity index (χ1) is 8.13. The quantitative estimate of drug-likeness (QED) is 0.883. The molecule has 90 valence electrons. The summed E-state index contributed by atoms with van der Waals surface area (Å²) >= 11 is 0. The molecule has 0 radical (unpaired) electrons. The number of aromatic nitrogens is 1. The third-order valence-electron chi connectivity index (χ3n) is 2.65. The molecule has 17 heavy (non-hydrogen) atoms. The molecule has 0 aliphatic heterocycles. The van der Waals surface area contributed by atoms with Gasteiger partial charge in [0.15, 0.2) is 0 Å². The smallest absolute Gasteiger partial charge is 0.230 e. The highest BCUT2D eigenvalue weighted by Gasteiger charge is 2.18. The van der Waals surface area contributed by atoms with Crippen molar-refractivity contribution in [1.29, 1.82) is 0 Å². The van der Waals surface area contributed by atoms with Crippen LogP contribution in [0.15, 0.2) is 28.8 Å². The molecule has 2 aromatic rings. The molecule has 1 aromatic heterocycles. The maximum atomic E-state index is 5.83. The lowest BCUT2D eigenvalue weighted by Gasteiger charge is -2.06. The van der Waals surface area contributed by atoms with Gasteiger partial charge in [-0.05, 0) is 23.6 Å². The Bertz CT molecular complexity index is 518. The van der Waals surface area contributed by atoms with Gasteiger partial charge in [0, 0.05) is 0 Å². The molecular formula is C13H16N2O2. The number of nitrogens with zero attached hydrogens (tertiary/aromatic N) is 1. The van der Waals surface area contributed by atoms with E-state index in [9.17, 15) is 0 Å². The Kier molecular flexibility index (Phi) is 3.04. The Morgan fingerprint density at radius 3 is 2.76 bits per heavy atom. The molecule has 0 unspecified atom stereocenters. The fourth-order valence-corrected chi connectivity index (χ4v) is 1.78. The Morgan fingerprint density at radius 1 is 1.35 bits per heavy atom. The van der Waals surface area contributed by atoms with Crippen molar-refractivity contribution >= 4 is 5.88 Å². The summed E-state index contributed by atoms with van der Waals surface area (Å²) in [6.45, 7) is 4.11. The first-order valence-electron chi connectivity index (χ1n) is 5.53. The van der Waals surface area contributed by atoms with E-state index < -0.39 is 0 Å². The Hall–Kier alpha value is -1.97. The van der Waals surface area contributed by atoms with E-state index in [4.69, 9.17) is 15.0 Å². The van der Waals surface area contributed by atoms with Crippen LogP contribution in [0.4, 0.5) is 5.88 Å². The molecule has 4 heteroatoms. The van der Waals surface area contributed by atoms with E-state index in [-0.39, 0.29) is 5.92 Å². The molecule has 1 heterocycles. The molecule has 0 atom stereocenters. The van der Waals surface area contributed by atoms with Gasteiger partial charge in [0.25, 0.3) is 0 Å². The van der Waals surface area contributed by atoms with Crippen LogP contribution >= 0.6 is 0 Å². The first-order valence-corrected chi connectivity index (χ1v) is 5.53. The second-order valence-electron chi connectivity index (χ2n) is 4.19. The Balaban J connectivity index is 2.55. The highest BCUT2D eigenvalue weighted by molar-refractivity contribution is 5.76. The zero-order valence-corrected chi connectivity index (χ0v) is 10.2. The van der Waals surface area contributed by atoms with E-state index in [1.54, 1.807) is 7.11 Å². The lowest BCUT2D eigenvalue weighted by molar-refractivity contribution is 0.415. The van der Waals surface area contributed by atoms with Crippen LogP contribution in [-0.4, -0.2) is 12.3 Å². The zero-order chi connectivity index (χ0) is 12.4. The van der Waals surface area contributed by atoms with E-state index >= 15 is 0 Å². The van der Waals surface area contributed by atoms with E-state index in [1.165, 1.54) is 0 Å². The number of anilines is 1. The van der Waals surface area contributed by atoms with Crippen LogP contribution in [0.25, 0.3) is 11.1 Å². The molecule has 0 aliphatic rings. The van der Waals surface area contributed by atoms with Gasteiger partial charge < -0.3 is 15.0 Å². The summed E-state index contributed by atoms with van der Waals surface area (Å²) in [7, 11) is 1.64. The average molecular weight is 232 g/mol. The van der Waals surface area contributed by atoms with Crippen molar-refractivity contribution in [3.05, 3.63) is 30.0 Å². The summed E-state index contributed by atoms with van der Waals surface area (Å²) in [6.07, 6.45) is 0. The number of ether oxygens (including phenoxy) is 1. The van der Waals surface area contributed by atoms with Gasteiger partial charge >= 0.3 is 0 Å². The standard InChI is InChI=1S/C13H16N2O2/c1-8(2)12-11(13(14)17-15-12)9-5-4-6-10(7-9)16-3/h4-8H,14H2,1-3H3. The van der Waals surface area contributed by atoms with E-state index in [0.717, 1.165) is 22.6 Å². The molecule has 0 spiro atoms. The summed E-state index contributed by atoms with van der Waals surface area (Å²) in [4.78, 5) is 0. The van der Waals surface area contributed by atoms with Crippen LogP contribution in [0.3, 0.4) is 0 Å². The zero-order valence-electron chi connectivity index (χ0n) is 10.2. The van der Waals surface area contributed by atoms with Crippen LogP contribution in [-0.2, 0) is 0 Å². The van der Waals surface area contributed by atoms with Gasteiger partial charge in [-0.3, -0.25) is 0 Å². The summed E-state index contributed by atoms with van der Waals surface area (Å²) in [5, 5.41) is 4.01. The number of rotatable bonds is 3. The highest BCUT2D eigenvalue weighted by Crippen LogP contribution is 2.35. The predicted molar refractivity (Wildman–Crippen MR) is 67.0 cm³/mol. The molecule has 0 bridgehead atoms. The van der Waals surface area contributed by atoms with Crippen LogP contribution in [0.2, 0.25) is 0 Å². The third kappa shape index (κ3) is 2.11. The summed E-state index contributed by atoms with van der Waals surface area (Å²) < 4.78 is 10.3. The lowest BCUT2D eigenvalue weighted by atomic mass is 9.99. The minimum Gasteiger partial charge on any atom is -0.497 e. The van der Waals surface area contributed by atoms with Crippen LogP contribution in [0.5, 0.6) is 5.75 Å². The molecule has 2 N–H and O–H groups in total. The fourth-order valence-electron chi connectivity index (χ4n) is 1.78. The molecule has 0 saturated carbocycles. The van der Waals surface area contributed by atoms with Gasteiger partial charge in [-0.1, -0.05) is 31.1 Å². The van der Waals surface area contributed by atoms with Gasteiger partial charge in [0.1, 0.15) is 5.75 Å². The van der Waals surface area contributed by atoms with E-state index in [1.807, 2.05) is 24.3 Å². The third-order valence-corrected chi connectivity index (χ3v) is 2.65. The molecule has 2 rings (SSSR count). The maximum Gasteiger partial charge on any atom is 0.230 e. The van der Waals surface area contributed by atoms with Gasteiger partial charge in [-0.15, -0.1) is 0 Å². The fraction of sp³-hybridized carbons (Fsp3) is 0.308. The SMILES string of the molecule is COc1cccc(-c2c(C(C)C)noc2N)c1. The van der Waals surface area contributed by atoms with Crippen molar-refractivity contribution in [2.45, 2.75) is 19.8 Å². The molecule has 0 amide bonds. The topological polar surface area (TPSA) is 61.3 Å². The van der Waals surface area contributed by atoms with Crippen molar-refractivity contribution in [3.8, 4) is 16.9 Å². The molecule has 0 saturated heterocycles. The van der Waals surface area contributed by atoms with Gasteiger partial charge in [0.2, 0.25) is 5.88 Å². The van der Waals surface area contributed by atoms with Crippen molar-refractivity contribution in [2.75, 3.05) is 12.8 Å². The minimum atomic E-state index is 0.261. The summed E-state index contributed by atoms with van der Waals surface area (Å²) in [5.41, 5.74) is 8.53. The van der Waals surface area contributed by atoms with E-state index in [2.05, 4.69) is 19.0 Å². The second kappa shape index (κ2) is 4.49. The van der Waals surface area contributed by atoms with E-state index in [0.29, 0.717) is 5.88 Å². The lowest BCUT2D eigenvalue weighted by Crippen LogP contribution is -1.93. The second-order valence-corrected chi connectivity index (χ2v) is 4.19. The maximum absolute atomic E-state index is 5.83. The van der Waals surface area contributed by atoms with Crippen LogP contribution < -0.4 is 10.5 Å². The predicted octanol–water partition coefficient (Wildman–Crippen LogP) is 3.06. The number of nitrogen functional groups attached to an aromatic ring is 1. The molecule has 0 fully saturated rings. The largest absolute Gasteiger partial charge is 0.497 e. The molecular weight excluding hydrogens is 216 g/mol. The normalized spacial score (nSPS) is 10.8. The Labute approximate surface area is 100 Å². The van der Waals surface area contributed by atoms with Crippen molar-refractivity contribution in [2.24, 2.45) is 0 Å². The average Bonchev–Trinajstić information content (AvgIpc) is 2.71. The van der Waals surface area contributed by atoms with Crippen molar-refractivity contribution < 1.29 is 9.26 Å². The van der Waals surface area contributed by atoms with Crippen molar-refractivity contribution in [1.82, 2.24) is 5.16 Å². The molecule has 4 nitrogen and oxygen atoms in total. The molecule has 0 aliphatic carbocycles. The van der Waals surface area contributed by atoms with Crippen molar-refractivity contribution in [3.63, 3.8) is 0 Å². The van der Waals surface area contributed by atoms with Crippen LogP contribution in [0, 0.1) is 0 Å². The van der Waals surface area contributed by atoms with Gasteiger partial charge in [0.05, 0.1) is 18.4 Å². The summed E-state index contributed by atoms with van der Waals surface area (Å²) in [6, 6.07) is 7.71. The number of hydrogen-bond acceptors (Lipinski definition) is 4. The highest BCUT2D eigenvalue weighted by atomic mass is 16.5. The van der Waals surface area contributed by atoms with Gasteiger partial charge in [-0.25, -0.2) is 0 Å².